The Hall–Kier alpha value is -1.08. The molecule has 1 aromatic rings. The number of aryl methyl sites for hydroxylation is 1. The molecule has 0 fully saturated rings. The number of carbonyl (C=O) groups excluding carboxylic acids is 1. The monoisotopic (exact) mass is 330 g/mol. The first-order valence-electron chi connectivity index (χ1n) is 6.68. The van der Waals surface area contributed by atoms with Gasteiger partial charge in [-0.1, -0.05) is 20.8 Å². The van der Waals surface area contributed by atoms with Gasteiger partial charge in [-0.05, 0) is 12.3 Å². The minimum absolute atomic E-state index is 0.0643. The first kappa shape index (κ1) is 18.0. The summed E-state index contributed by atoms with van der Waals surface area (Å²) in [5.41, 5.74) is 0.693. The lowest BCUT2D eigenvalue weighted by atomic mass is 9.85. The van der Waals surface area contributed by atoms with Crippen LogP contribution in [-0.4, -0.2) is 33.8 Å². The standard InChI is InChI=1S/C14H22N2O3S2/c1-9-15-10(7-21-9)6-20-8-12(17)16-11(5-13(18)19)14(2,3)4/h7,11H,5-6,8H2,1-4H3,(H,16,17)(H,18,19). The molecule has 0 radical (unpaired) electrons. The lowest BCUT2D eigenvalue weighted by molar-refractivity contribution is -0.138. The third-order valence-electron chi connectivity index (χ3n) is 2.91. The highest BCUT2D eigenvalue weighted by atomic mass is 32.2. The van der Waals surface area contributed by atoms with Crippen LogP contribution in [-0.2, 0) is 15.3 Å². The van der Waals surface area contributed by atoms with E-state index in [1.54, 1.807) is 11.3 Å². The highest BCUT2D eigenvalue weighted by molar-refractivity contribution is 7.99. The second-order valence-corrected chi connectivity index (χ2v) is 7.98. The predicted octanol–water partition coefficient (Wildman–Crippen LogP) is 2.69. The third kappa shape index (κ3) is 6.95. The van der Waals surface area contributed by atoms with E-state index < -0.39 is 5.97 Å². The molecule has 1 amide bonds. The molecule has 1 aromatic heterocycles. The number of thioether (sulfide) groups is 1. The number of hydrogen-bond donors (Lipinski definition) is 2. The molecule has 1 atom stereocenters. The number of aliphatic carboxylic acids is 1. The van der Waals surface area contributed by atoms with Crippen molar-refractivity contribution >= 4 is 35.0 Å². The summed E-state index contributed by atoms with van der Waals surface area (Å²) >= 11 is 3.08. The molecular weight excluding hydrogens is 308 g/mol. The summed E-state index contributed by atoms with van der Waals surface area (Å²) in [5.74, 6) is -0.0337. The Morgan fingerprint density at radius 1 is 1.48 bits per heavy atom. The van der Waals surface area contributed by atoms with Crippen LogP contribution in [0.5, 0.6) is 0 Å². The summed E-state index contributed by atoms with van der Waals surface area (Å²) in [5, 5.41) is 14.8. The molecular formula is C14H22N2O3S2. The Balaban J connectivity index is 2.41. The molecule has 0 saturated carbocycles. The van der Waals surface area contributed by atoms with Gasteiger partial charge in [0.1, 0.15) is 0 Å². The summed E-state index contributed by atoms with van der Waals surface area (Å²) in [6.45, 7) is 7.72. The van der Waals surface area contributed by atoms with Gasteiger partial charge in [-0.25, -0.2) is 4.98 Å². The summed E-state index contributed by atoms with van der Waals surface area (Å²) in [6, 6.07) is -0.371. The van der Waals surface area contributed by atoms with Gasteiger partial charge in [-0.15, -0.1) is 23.1 Å². The van der Waals surface area contributed by atoms with E-state index in [4.69, 9.17) is 5.11 Å². The van der Waals surface area contributed by atoms with Crippen LogP contribution in [0.1, 0.15) is 37.9 Å². The van der Waals surface area contributed by atoms with E-state index in [2.05, 4.69) is 10.3 Å². The number of hydrogen-bond acceptors (Lipinski definition) is 5. The van der Waals surface area contributed by atoms with Gasteiger partial charge in [0.15, 0.2) is 0 Å². The minimum atomic E-state index is -0.902. The second kappa shape index (κ2) is 7.79. The molecule has 0 bridgehead atoms. The second-order valence-electron chi connectivity index (χ2n) is 5.93. The van der Waals surface area contributed by atoms with Crippen molar-refractivity contribution in [3.8, 4) is 0 Å². The number of nitrogens with one attached hydrogen (secondary N) is 1. The van der Waals surface area contributed by atoms with Gasteiger partial charge in [-0.2, -0.15) is 0 Å². The van der Waals surface area contributed by atoms with E-state index in [-0.39, 0.29) is 23.8 Å². The van der Waals surface area contributed by atoms with Gasteiger partial charge in [0.05, 0.1) is 22.9 Å². The smallest absolute Gasteiger partial charge is 0.305 e. The zero-order valence-electron chi connectivity index (χ0n) is 12.8. The quantitative estimate of drug-likeness (QED) is 0.803. The van der Waals surface area contributed by atoms with Crippen LogP contribution in [0.25, 0.3) is 0 Å². The van der Waals surface area contributed by atoms with E-state index in [0.717, 1.165) is 10.7 Å². The molecule has 7 heteroatoms. The van der Waals surface area contributed by atoms with Crippen LogP contribution in [0.2, 0.25) is 0 Å². The van der Waals surface area contributed by atoms with E-state index in [9.17, 15) is 9.59 Å². The number of aromatic nitrogens is 1. The highest BCUT2D eigenvalue weighted by Crippen LogP contribution is 2.22. The molecule has 2 N–H and O–H groups in total. The van der Waals surface area contributed by atoms with Crippen LogP contribution >= 0.6 is 23.1 Å². The van der Waals surface area contributed by atoms with E-state index in [1.165, 1.54) is 11.8 Å². The topological polar surface area (TPSA) is 79.3 Å². The maximum atomic E-state index is 11.9. The Labute approximate surface area is 133 Å². The van der Waals surface area contributed by atoms with Crippen molar-refractivity contribution in [2.45, 2.75) is 45.9 Å². The number of carbonyl (C=O) groups is 2. The molecule has 1 heterocycles. The van der Waals surface area contributed by atoms with Crippen molar-refractivity contribution in [1.82, 2.24) is 10.3 Å². The van der Waals surface area contributed by atoms with Crippen LogP contribution in [0.4, 0.5) is 0 Å². The number of rotatable bonds is 7. The lowest BCUT2D eigenvalue weighted by Crippen LogP contribution is -2.45. The molecule has 0 aliphatic carbocycles. The Morgan fingerprint density at radius 3 is 2.62 bits per heavy atom. The largest absolute Gasteiger partial charge is 0.481 e. The molecule has 0 aliphatic rings. The number of carboxylic acid groups (broad SMARTS) is 1. The molecule has 21 heavy (non-hydrogen) atoms. The van der Waals surface area contributed by atoms with Crippen molar-refractivity contribution in [1.29, 1.82) is 0 Å². The lowest BCUT2D eigenvalue weighted by Gasteiger charge is -2.30. The van der Waals surface area contributed by atoms with Crippen molar-refractivity contribution in [2.24, 2.45) is 5.41 Å². The number of carboxylic acids is 1. The summed E-state index contributed by atoms with van der Waals surface area (Å²) < 4.78 is 0. The van der Waals surface area contributed by atoms with Crippen LogP contribution in [0.15, 0.2) is 5.38 Å². The van der Waals surface area contributed by atoms with Crippen LogP contribution in [0, 0.1) is 12.3 Å². The Bertz CT molecular complexity index is 495. The zero-order chi connectivity index (χ0) is 16.0. The molecule has 0 spiro atoms. The van der Waals surface area contributed by atoms with Gasteiger partial charge in [0.25, 0.3) is 0 Å². The van der Waals surface area contributed by atoms with Gasteiger partial charge in [0, 0.05) is 17.2 Å². The van der Waals surface area contributed by atoms with Gasteiger partial charge < -0.3 is 10.4 Å². The van der Waals surface area contributed by atoms with Crippen molar-refractivity contribution in [3.05, 3.63) is 16.1 Å². The zero-order valence-corrected chi connectivity index (χ0v) is 14.4. The normalized spacial score (nSPS) is 13.0. The van der Waals surface area contributed by atoms with Gasteiger partial charge in [-0.3, -0.25) is 9.59 Å². The maximum absolute atomic E-state index is 11.9. The fourth-order valence-corrected chi connectivity index (χ4v) is 3.15. The average Bonchev–Trinajstić information content (AvgIpc) is 2.72. The molecule has 1 unspecified atom stereocenters. The number of thiazole rings is 1. The SMILES string of the molecule is Cc1nc(CSCC(=O)NC(CC(=O)O)C(C)(C)C)cs1. The van der Waals surface area contributed by atoms with Crippen LogP contribution < -0.4 is 5.32 Å². The third-order valence-corrected chi connectivity index (χ3v) is 4.70. The first-order chi connectivity index (χ1) is 9.68. The minimum Gasteiger partial charge on any atom is -0.481 e. The van der Waals surface area contributed by atoms with Crippen molar-refractivity contribution in [2.75, 3.05) is 5.75 Å². The van der Waals surface area contributed by atoms with Crippen LogP contribution in [0.3, 0.4) is 0 Å². The van der Waals surface area contributed by atoms with Gasteiger partial charge >= 0.3 is 5.97 Å². The summed E-state index contributed by atoms with van der Waals surface area (Å²) in [4.78, 5) is 27.1. The van der Waals surface area contributed by atoms with E-state index in [0.29, 0.717) is 11.5 Å². The Morgan fingerprint density at radius 2 is 2.14 bits per heavy atom. The average molecular weight is 330 g/mol. The highest BCUT2D eigenvalue weighted by Gasteiger charge is 2.28. The molecule has 0 aromatic carbocycles. The molecule has 0 aliphatic heterocycles. The Kier molecular flexibility index (Phi) is 6.67. The van der Waals surface area contributed by atoms with Crippen molar-refractivity contribution in [3.63, 3.8) is 0 Å². The number of amides is 1. The predicted molar refractivity (Wildman–Crippen MR) is 86.7 cm³/mol. The number of nitrogens with zero attached hydrogens (tertiary/aromatic N) is 1. The van der Waals surface area contributed by atoms with E-state index >= 15 is 0 Å². The molecule has 118 valence electrons. The summed E-state index contributed by atoms with van der Waals surface area (Å²) in [7, 11) is 0. The molecule has 1 rings (SSSR count). The van der Waals surface area contributed by atoms with E-state index in [1.807, 2.05) is 33.1 Å². The maximum Gasteiger partial charge on any atom is 0.305 e. The fraction of sp³-hybridized carbons (Fsp3) is 0.643. The fourth-order valence-electron chi connectivity index (χ4n) is 1.71. The molecule has 0 saturated heterocycles. The summed E-state index contributed by atoms with van der Waals surface area (Å²) in [6.07, 6.45) is -0.0643. The van der Waals surface area contributed by atoms with Gasteiger partial charge in [0.2, 0.25) is 5.91 Å². The first-order valence-corrected chi connectivity index (χ1v) is 8.72. The van der Waals surface area contributed by atoms with Crippen molar-refractivity contribution < 1.29 is 14.7 Å². The molecule has 5 nitrogen and oxygen atoms in total.